The lowest BCUT2D eigenvalue weighted by Crippen LogP contribution is -2.55. The summed E-state index contributed by atoms with van der Waals surface area (Å²) >= 11 is 0. The Morgan fingerprint density at radius 2 is 2.00 bits per heavy atom. The molecule has 5 heteroatoms. The fourth-order valence-electron chi connectivity index (χ4n) is 4.04. The van der Waals surface area contributed by atoms with Gasteiger partial charge in [-0.2, -0.15) is 0 Å². The number of aromatic hydroxyl groups is 1. The van der Waals surface area contributed by atoms with Crippen molar-refractivity contribution < 1.29 is 14.6 Å². The molecule has 3 rings (SSSR count). The van der Waals surface area contributed by atoms with Gasteiger partial charge in [0.2, 0.25) is 5.91 Å². The molecule has 2 N–H and O–H groups in total. The molecule has 0 unspecified atom stereocenters. The molecule has 0 spiro atoms. The largest absolute Gasteiger partial charge is 0.508 e. The SMILES string of the molecule is C[C@]1(NC(=O)CN2CCOCC2)CCCC[C@@H]1c1ccc(O)cc1. The molecule has 1 amide bonds. The van der Waals surface area contributed by atoms with Crippen molar-refractivity contribution in [1.29, 1.82) is 0 Å². The van der Waals surface area contributed by atoms with Crippen molar-refractivity contribution in [1.82, 2.24) is 10.2 Å². The van der Waals surface area contributed by atoms with E-state index in [1.807, 2.05) is 12.1 Å². The van der Waals surface area contributed by atoms with E-state index in [4.69, 9.17) is 4.74 Å². The molecule has 5 nitrogen and oxygen atoms in total. The highest BCUT2D eigenvalue weighted by Gasteiger charge is 2.38. The van der Waals surface area contributed by atoms with Crippen LogP contribution in [0.15, 0.2) is 24.3 Å². The van der Waals surface area contributed by atoms with Crippen LogP contribution in [0.3, 0.4) is 0 Å². The van der Waals surface area contributed by atoms with E-state index < -0.39 is 0 Å². The van der Waals surface area contributed by atoms with Crippen LogP contribution in [-0.4, -0.2) is 54.3 Å². The maximum absolute atomic E-state index is 12.6. The minimum Gasteiger partial charge on any atom is -0.508 e. The number of carbonyl (C=O) groups excluding carboxylic acids is 1. The predicted octanol–water partition coefficient (Wildman–Crippen LogP) is 2.26. The third-order valence-corrected chi connectivity index (χ3v) is 5.40. The first-order chi connectivity index (χ1) is 11.6. The quantitative estimate of drug-likeness (QED) is 0.888. The van der Waals surface area contributed by atoms with Gasteiger partial charge in [0.1, 0.15) is 5.75 Å². The maximum Gasteiger partial charge on any atom is 0.234 e. The number of nitrogens with zero attached hydrogens (tertiary/aromatic N) is 1. The Balaban J connectivity index is 1.67. The second-order valence-corrected chi connectivity index (χ2v) is 7.24. The Morgan fingerprint density at radius 1 is 1.29 bits per heavy atom. The first-order valence-electron chi connectivity index (χ1n) is 8.97. The van der Waals surface area contributed by atoms with Crippen LogP contribution in [0.1, 0.15) is 44.1 Å². The van der Waals surface area contributed by atoms with E-state index in [0.29, 0.717) is 25.7 Å². The van der Waals surface area contributed by atoms with Gasteiger partial charge in [0.05, 0.1) is 19.8 Å². The van der Waals surface area contributed by atoms with Gasteiger partial charge >= 0.3 is 0 Å². The van der Waals surface area contributed by atoms with E-state index in [1.165, 1.54) is 12.0 Å². The standard InChI is InChI=1S/C19H28N2O3/c1-19(20-18(23)14-21-10-12-24-13-11-21)9-3-2-4-17(19)15-5-7-16(22)8-6-15/h5-8,17,22H,2-4,9-14H2,1H3,(H,20,23)/t17-,19+/m1/s1. The van der Waals surface area contributed by atoms with Crippen LogP contribution >= 0.6 is 0 Å². The molecule has 0 radical (unpaired) electrons. The molecule has 0 aromatic heterocycles. The zero-order chi connectivity index (χ0) is 17.0. The molecule has 2 atom stereocenters. The van der Waals surface area contributed by atoms with Crippen molar-refractivity contribution in [3.8, 4) is 5.75 Å². The monoisotopic (exact) mass is 332 g/mol. The van der Waals surface area contributed by atoms with Crippen LogP contribution in [0.2, 0.25) is 0 Å². The number of amides is 1. The molecule has 132 valence electrons. The van der Waals surface area contributed by atoms with Gasteiger partial charge in [0.15, 0.2) is 0 Å². The van der Waals surface area contributed by atoms with E-state index in [1.54, 1.807) is 12.1 Å². The van der Waals surface area contributed by atoms with Gasteiger partial charge in [-0.25, -0.2) is 0 Å². The summed E-state index contributed by atoms with van der Waals surface area (Å²) in [6.45, 7) is 5.68. The lowest BCUT2D eigenvalue weighted by molar-refractivity contribution is -0.125. The Bertz CT molecular complexity index is 554. The lowest BCUT2D eigenvalue weighted by atomic mass is 9.70. The molecular weight excluding hydrogens is 304 g/mol. The molecule has 2 fully saturated rings. The summed E-state index contributed by atoms with van der Waals surface area (Å²) in [5, 5.41) is 12.8. The smallest absolute Gasteiger partial charge is 0.234 e. The van der Waals surface area contributed by atoms with Crippen LogP contribution in [0.5, 0.6) is 5.75 Å². The third-order valence-electron chi connectivity index (χ3n) is 5.40. The zero-order valence-corrected chi connectivity index (χ0v) is 14.5. The summed E-state index contributed by atoms with van der Waals surface area (Å²) in [4.78, 5) is 14.7. The predicted molar refractivity (Wildman–Crippen MR) is 93.1 cm³/mol. The number of phenols is 1. The van der Waals surface area contributed by atoms with Gasteiger partial charge < -0.3 is 15.2 Å². The van der Waals surface area contributed by atoms with Gasteiger partial charge in [-0.15, -0.1) is 0 Å². The summed E-state index contributed by atoms with van der Waals surface area (Å²) in [5.74, 6) is 0.679. The second kappa shape index (κ2) is 7.53. The summed E-state index contributed by atoms with van der Waals surface area (Å²) in [6, 6.07) is 7.44. The van der Waals surface area contributed by atoms with E-state index in [2.05, 4.69) is 17.1 Å². The summed E-state index contributed by atoms with van der Waals surface area (Å²) in [5.41, 5.74) is 0.972. The van der Waals surface area contributed by atoms with Crippen molar-refractivity contribution in [2.75, 3.05) is 32.8 Å². The fraction of sp³-hybridized carbons (Fsp3) is 0.632. The van der Waals surface area contributed by atoms with Crippen molar-refractivity contribution in [3.05, 3.63) is 29.8 Å². The lowest BCUT2D eigenvalue weighted by Gasteiger charge is -2.43. The highest BCUT2D eigenvalue weighted by atomic mass is 16.5. The maximum atomic E-state index is 12.6. The molecule has 1 aliphatic heterocycles. The van der Waals surface area contributed by atoms with E-state index in [0.717, 1.165) is 32.4 Å². The molecule has 1 aliphatic carbocycles. The number of carbonyl (C=O) groups is 1. The topological polar surface area (TPSA) is 61.8 Å². The molecular formula is C19H28N2O3. The van der Waals surface area contributed by atoms with Crippen LogP contribution in [0.4, 0.5) is 0 Å². The molecule has 1 heterocycles. The molecule has 1 aromatic rings. The van der Waals surface area contributed by atoms with Crippen molar-refractivity contribution >= 4 is 5.91 Å². The van der Waals surface area contributed by atoms with Gasteiger partial charge in [-0.3, -0.25) is 9.69 Å². The summed E-state index contributed by atoms with van der Waals surface area (Å²) in [7, 11) is 0. The Kier molecular flexibility index (Phi) is 5.41. The summed E-state index contributed by atoms with van der Waals surface area (Å²) in [6.07, 6.45) is 4.38. The number of rotatable bonds is 4. The highest BCUT2D eigenvalue weighted by molar-refractivity contribution is 5.79. The number of ether oxygens (including phenoxy) is 1. The van der Waals surface area contributed by atoms with Crippen LogP contribution in [0, 0.1) is 0 Å². The van der Waals surface area contributed by atoms with Crippen molar-refractivity contribution in [3.63, 3.8) is 0 Å². The molecule has 0 bridgehead atoms. The number of morpholine rings is 1. The average molecular weight is 332 g/mol. The number of benzene rings is 1. The molecule has 1 saturated carbocycles. The van der Waals surface area contributed by atoms with Gasteiger partial charge in [0.25, 0.3) is 0 Å². The Hall–Kier alpha value is -1.59. The minimum absolute atomic E-state index is 0.102. The molecule has 2 aliphatic rings. The Labute approximate surface area is 144 Å². The van der Waals surface area contributed by atoms with Gasteiger partial charge in [-0.05, 0) is 37.5 Å². The van der Waals surface area contributed by atoms with Crippen LogP contribution < -0.4 is 5.32 Å². The zero-order valence-electron chi connectivity index (χ0n) is 14.5. The number of phenolic OH excluding ortho intramolecular Hbond substituents is 1. The summed E-state index contributed by atoms with van der Waals surface area (Å²) < 4.78 is 5.34. The van der Waals surface area contributed by atoms with Crippen molar-refractivity contribution in [2.24, 2.45) is 0 Å². The van der Waals surface area contributed by atoms with Crippen LogP contribution in [0.25, 0.3) is 0 Å². The van der Waals surface area contributed by atoms with Crippen LogP contribution in [-0.2, 0) is 9.53 Å². The van der Waals surface area contributed by atoms with E-state index in [9.17, 15) is 9.90 Å². The molecule has 1 aromatic carbocycles. The normalized spacial score (nSPS) is 28.5. The van der Waals surface area contributed by atoms with E-state index >= 15 is 0 Å². The minimum atomic E-state index is -0.224. The number of hydrogen-bond donors (Lipinski definition) is 2. The molecule has 24 heavy (non-hydrogen) atoms. The Morgan fingerprint density at radius 3 is 2.71 bits per heavy atom. The van der Waals surface area contributed by atoms with E-state index in [-0.39, 0.29) is 17.2 Å². The third kappa shape index (κ3) is 4.08. The number of nitrogens with one attached hydrogen (secondary N) is 1. The van der Waals surface area contributed by atoms with Crippen molar-refractivity contribution in [2.45, 2.75) is 44.1 Å². The van der Waals surface area contributed by atoms with Gasteiger partial charge in [0, 0.05) is 24.5 Å². The fourth-order valence-corrected chi connectivity index (χ4v) is 4.04. The number of hydrogen-bond acceptors (Lipinski definition) is 4. The molecule has 1 saturated heterocycles. The first kappa shape index (κ1) is 17.2. The van der Waals surface area contributed by atoms with Gasteiger partial charge in [-0.1, -0.05) is 25.0 Å². The second-order valence-electron chi connectivity index (χ2n) is 7.24. The average Bonchev–Trinajstić information content (AvgIpc) is 2.57. The highest BCUT2D eigenvalue weighted by Crippen LogP contribution is 2.41. The first-order valence-corrected chi connectivity index (χ1v) is 8.97.